The van der Waals surface area contributed by atoms with E-state index in [1.807, 2.05) is 35.7 Å². The van der Waals surface area contributed by atoms with Crippen molar-refractivity contribution in [2.24, 2.45) is 0 Å². The third-order valence-electron chi connectivity index (χ3n) is 5.06. The molecule has 29 heavy (non-hydrogen) atoms. The first kappa shape index (κ1) is 18.7. The van der Waals surface area contributed by atoms with Crippen molar-refractivity contribution < 1.29 is 9.72 Å². The minimum Gasteiger partial charge on any atom is -0.368 e. The number of benzene rings is 1. The highest BCUT2D eigenvalue weighted by Crippen LogP contribution is 2.21. The molecule has 0 bridgehead atoms. The van der Waals surface area contributed by atoms with Crippen molar-refractivity contribution in [2.75, 3.05) is 31.1 Å². The smallest absolute Gasteiger partial charge is 0.318 e. The number of carbonyl (C=O) groups is 1. The van der Waals surface area contributed by atoms with Crippen LogP contribution < -0.4 is 10.2 Å². The van der Waals surface area contributed by atoms with Gasteiger partial charge in [-0.15, -0.1) is 10.2 Å². The molecule has 150 valence electrons. The maximum Gasteiger partial charge on any atom is 0.318 e. The zero-order valence-electron chi connectivity index (χ0n) is 15.9. The van der Waals surface area contributed by atoms with Gasteiger partial charge in [0.05, 0.1) is 11.0 Å². The van der Waals surface area contributed by atoms with E-state index >= 15 is 0 Å². The summed E-state index contributed by atoms with van der Waals surface area (Å²) in [6.07, 6.45) is 1.87. The lowest BCUT2D eigenvalue weighted by molar-refractivity contribution is -0.384. The Balaban J connectivity index is 1.34. The van der Waals surface area contributed by atoms with Gasteiger partial charge in [0, 0.05) is 50.2 Å². The molecule has 1 aromatic carbocycles. The number of nitro groups is 1. The Bertz CT molecular complexity index is 1030. The molecule has 0 radical (unpaired) electrons. The number of aromatic nitrogens is 3. The largest absolute Gasteiger partial charge is 0.368 e. The van der Waals surface area contributed by atoms with Crippen molar-refractivity contribution in [3.05, 3.63) is 64.6 Å². The Labute approximate surface area is 166 Å². The lowest BCUT2D eigenvalue weighted by Gasteiger charge is -2.36. The second-order valence-corrected chi connectivity index (χ2v) is 6.91. The molecule has 3 heterocycles. The molecule has 0 spiro atoms. The molecule has 1 fully saturated rings. The number of fused-ring (bicyclic) bond motifs is 1. The number of anilines is 1. The third-order valence-corrected chi connectivity index (χ3v) is 5.06. The van der Waals surface area contributed by atoms with E-state index in [0.29, 0.717) is 32.0 Å². The van der Waals surface area contributed by atoms with Gasteiger partial charge in [0.25, 0.3) is 5.69 Å². The normalized spacial score (nSPS) is 15.3. The van der Waals surface area contributed by atoms with Gasteiger partial charge in [0.15, 0.2) is 11.5 Å². The van der Waals surface area contributed by atoms with Crippen LogP contribution in [0.25, 0.3) is 5.65 Å². The summed E-state index contributed by atoms with van der Waals surface area (Å²) in [6.45, 7) is 4.33. The Kier molecular flexibility index (Phi) is 4.98. The van der Waals surface area contributed by atoms with Gasteiger partial charge < -0.3 is 15.1 Å². The first-order valence-corrected chi connectivity index (χ1v) is 9.37. The molecule has 1 aliphatic heterocycles. The lowest BCUT2D eigenvalue weighted by Crippen LogP contribution is -2.52. The summed E-state index contributed by atoms with van der Waals surface area (Å²) in [7, 11) is 0. The van der Waals surface area contributed by atoms with Crippen molar-refractivity contribution in [3.8, 4) is 0 Å². The number of rotatable bonds is 4. The van der Waals surface area contributed by atoms with Crippen molar-refractivity contribution in [2.45, 2.75) is 13.0 Å². The molecule has 4 rings (SSSR count). The number of hydrogen-bond acceptors (Lipinski definition) is 6. The highest BCUT2D eigenvalue weighted by atomic mass is 16.6. The van der Waals surface area contributed by atoms with Crippen LogP contribution >= 0.6 is 0 Å². The van der Waals surface area contributed by atoms with E-state index in [2.05, 4.69) is 20.4 Å². The van der Waals surface area contributed by atoms with Gasteiger partial charge in [0.2, 0.25) is 0 Å². The summed E-state index contributed by atoms with van der Waals surface area (Å²) >= 11 is 0. The van der Waals surface area contributed by atoms with E-state index in [9.17, 15) is 14.9 Å². The Hall–Kier alpha value is -3.69. The Morgan fingerprint density at radius 2 is 1.83 bits per heavy atom. The summed E-state index contributed by atoms with van der Waals surface area (Å²) in [5.74, 6) is 0.679. The SMILES string of the molecule is CC(NC(=O)N1CCN(c2ccc([N+](=O)[O-])cc2)CC1)c1nnc2ccccn12. The number of hydrogen-bond donors (Lipinski definition) is 1. The maximum absolute atomic E-state index is 12.7. The molecule has 1 aliphatic rings. The predicted molar refractivity (Wildman–Crippen MR) is 107 cm³/mol. The molecular formula is C19H21N7O3. The number of non-ortho nitro benzene ring substituents is 1. The number of nitro benzene ring substituents is 1. The molecule has 2 amide bonds. The van der Waals surface area contributed by atoms with Crippen molar-refractivity contribution in [1.29, 1.82) is 0 Å². The van der Waals surface area contributed by atoms with Crippen LogP contribution in [0.1, 0.15) is 18.8 Å². The first-order valence-electron chi connectivity index (χ1n) is 9.37. The van der Waals surface area contributed by atoms with Crippen LogP contribution in [0.4, 0.5) is 16.2 Å². The molecule has 1 unspecified atom stereocenters. The van der Waals surface area contributed by atoms with Crippen molar-refractivity contribution in [1.82, 2.24) is 24.8 Å². The molecular weight excluding hydrogens is 374 g/mol. The molecule has 0 saturated carbocycles. The van der Waals surface area contributed by atoms with E-state index in [4.69, 9.17) is 0 Å². The quantitative estimate of drug-likeness (QED) is 0.536. The van der Waals surface area contributed by atoms with Crippen molar-refractivity contribution >= 4 is 23.1 Å². The van der Waals surface area contributed by atoms with Crippen LogP contribution in [0.2, 0.25) is 0 Å². The van der Waals surface area contributed by atoms with Gasteiger partial charge in [-0.1, -0.05) is 6.07 Å². The lowest BCUT2D eigenvalue weighted by atomic mass is 10.2. The Morgan fingerprint density at radius 3 is 2.52 bits per heavy atom. The van der Waals surface area contributed by atoms with E-state index in [0.717, 1.165) is 11.3 Å². The Morgan fingerprint density at radius 1 is 1.10 bits per heavy atom. The summed E-state index contributed by atoms with van der Waals surface area (Å²) < 4.78 is 1.86. The second-order valence-electron chi connectivity index (χ2n) is 6.91. The predicted octanol–water partition coefficient (Wildman–Crippen LogP) is 2.23. The van der Waals surface area contributed by atoms with Gasteiger partial charge in [-0.2, -0.15) is 0 Å². The molecule has 10 heteroatoms. The third kappa shape index (κ3) is 3.82. The highest BCUT2D eigenvalue weighted by molar-refractivity contribution is 5.75. The number of piperazine rings is 1. The van der Waals surface area contributed by atoms with Crippen LogP contribution in [-0.4, -0.2) is 56.6 Å². The van der Waals surface area contributed by atoms with E-state index < -0.39 is 4.92 Å². The van der Waals surface area contributed by atoms with Crippen LogP contribution in [-0.2, 0) is 0 Å². The van der Waals surface area contributed by atoms with Gasteiger partial charge in [-0.3, -0.25) is 14.5 Å². The first-order chi connectivity index (χ1) is 14.0. The van der Waals surface area contributed by atoms with Gasteiger partial charge in [0.1, 0.15) is 0 Å². The molecule has 1 saturated heterocycles. The van der Waals surface area contributed by atoms with Crippen LogP contribution in [0.5, 0.6) is 0 Å². The summed E-state index contributed by atoms with van der Waals surface area (Å²) in [5.41, 5.74) is 1.72. The van der Waals surface area contributed by atoms with Crippen LogP contribution in [0, 0.1) is 10.1 Å². The average Bonchev–Trinajstić information content (AvgIpc) is 3.18. The number of carbonyl (C=O) groups excluding carboxylic acids is 1. The molecule has 1 atom stereocenters. The minimum absolute atomic E-state index is 0.0711. The topological polar surface area (TPSA) is 109 Å². The van der Waals surface area contributed by atoms with E-state index in [1.165, 1.54) is 12.1 Å². The van der Waals surface area contributed by atoms with Crippen LogP contribution in [0.15, 0.2) is 48.7 Å². The fourth-order valence-electron chi connectivity index (χ4n) is 3.45. The number of amides is 2. The highest BCUT2D eigenvalue weighted by Gasteiger charge is 2.24. The van der Waals surface area contributed by atoms with Gasteiger partial charge in [-0.05, 0) is 31.2 Å². The molecule has 0 aliphatic carbocycles. The minimum atomic E-state index is -0.411. The van der Waals surface area contributed by atoms with Crippen molar-refractivity contribution in [3.63, 3.8) is 0 Å². The van der Waals surface area contributed by atoms with E-state index in [1.54, 1.807) is 17.0 Å². The van der Waals surface area contributed by atoms with Crippen LogP contribution in [0.3, 0.4) is 0 Å². The van der Waals surface area contributed by atoms with Gasteiger partial charge in [-0.25, -0.2) is 4.79 Å². The fourth-order valence-corrected chi connectivity index (χ4v) is 3.45. The van der Waals surface area contributed by atoms with E-state index in [-0.39, 0.29) is 17.8 Å². The maximum atomic E-state index is 12.7. The number of nitrogens with zero attached hydrogens (tertiary/aromatic N) is 6. The summed E-state index contributed by atoms with van der Waals surface area (Å²) in [5, 5.41) is 22.1. The summed E-state index contributed by atoms with van der Waals surface area (Å²) in [6, 6.07) is 11.7. The second kappa shape index (κ2) is 7.74. The average molecular weight is 395 g/mol. The molecule has 2 aromatic heterocycles. The molecule has 3 aromatic rings. The summed E-state index contributed by atoms with van der Waals surface area (Å²) in [4.78, 5) is 26.9. The number of pyridine rings is 1. The monoisotopic (exact) mass is 395 g/mol. The number of urea groups is 1. The zero-order valence-corrected chi connectivity index (χ0v) is 15.9. The zero-order chi connectivity index (χ0) is 20.4. The standard InChI is InChI=1S/C19H21N7O3/c1-14(18-22-21-17-4-2-3-9-25(17)18)20-19(27)24-12-10-23(11-13-24)15-5-7-16(8-6-15)26(28)29/h2-9,14H,10-13H2,1H3,(H,20,27). The fraction of sp³-hybridized carbons (Fsp3) is 0.316. The van der Waals surface area contributed by atoms with Gasteiger partial charge >= 0.3 is 6.03 Å². The molecule has 1 N–H and O–H groups in total. The number of nitrogens with one attached hydrogen (secondary N) is 1. The molecule has 10 nitrogen and oxygen atoms in total.